The maximum Gasteiger partial charge on any atom is 0.336 e. The quantitative estimate of drug-likeness (QED) is 0.928. The number of carboxylic acids is 1. The summed E-state index contributed by atoms with van der Waals surface area (Å²) in [6.07, 6.45) is 1.25. The molecule has 0 saturated heterocycles. The molecular formula is C13H12F2N2O2. The predicted molar refractivity (Wildman–Crippen MR) is 64.9 cm³/mol. The largest absolute Gasteiger partial charge is 0.478 e. The molecule has 0 amide bonds. The topological polar surface area (TPSA) is 55.1 Å². The van der Waals surface area contributed by atoms with Crippen molar-refractivity contribution in [2.75, 3.05) is 0 Å². The van der Waals surface area contributed by atoms with Gasteiger partial charge in [-0.25, -0.2) is 13.9 Å². The standard InChI is InChI=1S/C13H12F2N2O2/c1-7(2)17-12(15)11(6-16-17)9-4-3-8(14)5-10(9)13(18)19/h3-7H,1-2H3,(H,18,19). The number of carboxylic acid groups (broad SMARTS) is 1. The molecule has 100 valence electrons. The second kappa shape index (κ2) is 4.79. The predicted octanol–water partition coefficient (Wildman–Crippen LogP) is 3.11. The van der Waals surface area contributed by atoms with E-state index in [0.29, 0.717) is 0 Å². The molecule has 0 spiro atoms. The highest BCUT2D eigenvalue weighted by atomic mass is 19.1. The summed E-state index contributed by atoms with van der Waals surface area (Å²) in [6, 6.07) is 3.00. The van der Waals surface area contributed by atoms with E-state index in [2.05, 4.69) is 5.10 Å². The Bertz CT molecular complexity index is 636. The van der Waals surface area contributed by atoms with Crippen LogP contribution in [0, 0.1) is 11.8 Å². The van der Waals surface area contributed by atoms with Crippen LogP contribution in [0.25, 0.3) is 11.1 Å². The number of carbonyl (C=O) groups is 1. The lowest BCUT2D eigenvalue weighted by molar-refractivity contribution is 0.0697. The summed E-state index contributed by atoms with van der Waals surface area (Å²) in [5, 5.41) is 12.9. The Labute approximate surface area is 108 Å². The van der Waals surface area contributed by atoms with E-state index < -0.39 is 17.7 Å². The van der Waals surface area contributed by atoms with Crippen LogP contribution in [0.1, 0.15) is 30.2 Å². The third kappa shape index (κ3) is 2.33. The zero-order valence-corrected chi connectivity index (χ0v) is 10.4. The van der Waals surface area contributed by atoms with Crippen LogP contribution < -0.4 is 0 Å². The minimum atomic E-state index is -1.31. The van der Waals surface area contributed by atoms with Crippen LogP contribution >= 0.6 is 0 Å². The van der Waals surface area contributed by atoms with Crippen molar-refractivity contribution in [2.45, 2.75) is 19.9 Å². The molecule has 2 rings (SSSR count). The molecule has 0 fully saturated rings. The van der Waals surface area contributed by atoms with Crippen LogP contribution in [0.15, 0.2) is 24.4 Å². The van der Waals surface area contributed by atoms with Crippen LogP contribution in [0.2, 0.25) is 0 Å². The number of halogens is 2. The molecule has 0 aliphatic heterocycles. The van der Waals surface area contributed by atoms with Crippen LogP contribution in [-0.4, -0.2) is 20.9 Å². The Kier molecular flexibility index (Phi) is 3.33. The van der Waals surface area contributed by atoms with Crippen LogP contribution in [0.5, 0.6) is 0 Å². The van der Waals surface area contributed by atoms with Crippen molar-refractivity contribution in [3.8, 4) is 11.1 Å². The van der Waals surface area contributed by atoms with Gasteiger partial charge in [-0.05, 0) is 26.0 Å². The third-order valence-electron chi connectivity index (χ3n) is 2.73. The van der Waals surface area contributed by atoms with Crippen LogP contribution in [-0.2, 0) is 0 Å². The van der Waals surface area contributed by atoms with E-state index in [1.807, 2.05) is 0 Å². The molecule has 6 heteroatoms. The van der Waals surface area contributed by atoms with E-state index in [0.717, 1.165) is 16.8 Å². The summed E-state index contributed by atoms with van der Waals surface area (Å²) in [4.78, 5) is 11.1. The lowest BCUT2D eigenvalue weighted by Crippen LogP contribution is -2.06. The molecule has 19 heavy (non-hydrogen) atoms. The Balaban J connectivity index is 2.62. The first-order valence-corrected chi connectivity index (χ1v) is 5.68. The Hall–Kier alpha value is -2.24. The summed E-state index contributed by atoms with van der Waals surface area (Å²) < 4.78 is 28.3. The maximum atomic E-state index is 14.1. The van der Waals surface area contributed by atoms with Gasteiger partial charge in [0.1, 0.15) is 5.82 Å². The van der Waals surface area contributed by atoms with Gasteiger partial charge in [0.05, 0.1) is 17.3 Å². The average Bonchev–Trinajstić information content (AvgIpc) is 2.71. The highest BCUT2D eigenvalue weighted by Gasteiger charge is 2.20. The molecule has 0 saturated carbocycles. The Morgan fingerprint density at radius 2 is 2.00 bits per heavy atom. The number of aromatic nitrogens is 2. The molecular weight excluding hydrogens is 254 g/mol. The third-order valence-corrected chi connectivity index (χ3v) is 2.73. The van der Waals surface area contributed by atoms with Crippen LogP contribution in [0.4, 0.5) is 8.78 Å². The summed E-state index contributed by atoms with van der Waals surface area (Å²) in [7, 11) is 0. The minimum Gasteiger partial charge on any atom is -0.478 e. The number of rotatable bonds is 3. The van der Waals surface area contributed by atoms with E-state index in [1.165, 1.54) is 12.3 Å². The van der Waals surface area contributed by atoms with E-state index in [-0.39, 0.29) is 22.7 Å². The summed E-state index contributed by atoms with van der Waals surface area (Å²) in [6.45, 7) is 3.51. The summed E-state index contributed by atoms with van der Waals surface area (Å²) in [5.74, 6) is -2.63. The van der Waals surface area contributed by atoms with Gasteiger partial charge < -0.3 is 5.11 Å². The van der Waals surface area contributed by atoms with Crippen molar-refractivity contribution in [1.82, 2.24) is 9.78 Å². The Morgan fingerprint density at radius 3 is 2.53 bits per heavy atom. The molecule has 0 radical (unpaired) electrons. The van der Waals surface area contributed by atoms with E-state index in [4.69, 9.17) is 5.11 Å². The normalized spacial score (nSPS) is 11.0. The van der Waals surface area contributed by atoms with Gasteiger partial charge in [0, 0.05) is 11.6 Å². The lowest BCUT2D eigenvalue weighted by Gasteiger charge is -2.07. The van der Waals surface area contributed by atoms with Gasteiger partial charge in [-0.2, -0.15) is 9.49 Å². The fourth-order valence-electron chi connectivity index (χ4n) is 1.82. The lowest BCUT2D eigenvalue weighted by atomic mass is 10.0. The zero-order chi connectivity index (χ0) is 14.2. The highest BCUT2D eigenvalue weighted by molar-refractivity contribution is 5.95. The SMILES string of the molecule is CC(C)n1ncc(-c2ccc(F)cc2C(=O)O)c1F. The number of hydrogen-bond donors (Lipinski definition) is 1. The van der Waals surface area contributed by atoms with Gasteiger partial charge in [0.2, 0.25) is 5.95 Å². The van der Waals surface area contributed by atoms with Crippen molar-refractivity contribution >= 4 is 5.97 Å². The van der Waals surface area contributed by atoms with Crippen molar-refractivity contribution in [1.29, 1.82) is 0 Å². The molecule has 1 aromatic carbocycles. The fraction of sp³-hybridized carbons (Fsp3) is 0.231. The summed E-state index contributed by atoms with van der Waals surface area (Å²) in [5.41, 5.74) is -0.133. The molecule has 0 bridgehead atoms. The molecule has 1 heterocycles. The zero-order valence-electron chi connectivity index (χ0n) is 10.4. The Morgan fingerprint density at radius 1 is 1.32 bits per heavy atom. The molecule has 2 aromatic rings. The van der Waals surface area contributed by atoms with E-state index >= 15 is 0 Å². The van der Waals surface area contributed by atoms with Gasteiger partial charge in [0.15, 0.2) is 0 Å². The molecule has 0 atom stereocenters. The van der Waals surface area contributed by atoms with Crippen molar-refractivity contribution in [2.24, 2.45) is 0 Å². The van der Waals surface area contributed by atoms with Crippen LogP contribution in [0.3, 0.4) is 0 Å². The van der Waals surface area contributed by atoms with Gasteiger partial charge in [0.25, 0.3) is 0 Å². The molecule has 1 N–H and O–H groups in total. The van der Waals surface area contributed by atoms with Gasteiger partial charge in [-0.3, -0.25) is 0 Å². The smallest absolute Gasteiger partial charge is 0.336 e. The van der Waals surface area contributed by atoms with Crippen molar-refractivity contribution < 1.29 is 18.7 Å². The first-order valence-electron chi connectivity index (χ1n) is 5.68. The maximum absolute atomic E-state index is 14.1. The first kappa shape index (κ1) is 13.2. The molecule has 0 aliphatic rings. The summed E-state index contributed by atoms with van der Waals surface area (Å²) >= 11 is 0. The van der Waals surface area contributed by atoms with Gasteiger partial charge >= 0.3 is 5.97 Å². The second-order valence-corrected chi connectivity index (χ2v) is 4.38. The number of benzene rings is 1. The monoisotopic (exact) mass is 266 g/mol. The number of aromatic carboxylic acids is 1. The average molecular weight is 266 g/mol. The molecule has 4 nitrogen and oxygen atoms in total. The van der Waals surface area contributed by atoms with E-state index in [9.17, 15) is 13.6 Å². The number of nitrogens with zero attached hydrogens (tertiary/aromatic N) is 2. The molecule has 1 aromatic heterocycles. The fourth-order valence-corrected chi connectivity index (χ4v) is 1.82. The van der Waals surface area contributed by atoms with Gasteiger partial charge in [-0.15, -0.1) is 0 Å². The first-order chi connectivity index (χ1) is 8.91. The van der Waals surface area contributed by atoms with E-state index in [1.54, 1.807) is 13.8 Å². The highest BCUT2D eigenvalue weighted by Crippen LogP contribution is 2.28. The minimum absolute atomic E-state index is 0.0473. The molecule has 0 unspecified atom stereocenters. The van der Waals surface area contributed by atoms with Crippen molar-refractivity contribution in [3.63, 3.8) is 0 Å². The molecule has 0 aliphatic carbocycles. The second-order valence-electron chi connectivity index (χ2n) is 4.38. The van der Waals surface area contributed by atoms with Gasteiger partial charge in [-0.1, -0.05) is 6.07 Å². The number of hydrogen-bond acceptors (Lipinski definition) is 2. The van der Waals surface area contributed by atoms with Crippen molar-refractivity contribution in [3.05, 3.63) is 41.7 Å².